The first-order valence-electron chi connectivity index (χ1n) is 6.37. The van der Waals surface area contributed by atoms with Gasteiger partial charge in [0.05, 0.1) is 15.7 Å². The van der Waals surface area contributed by atoms with Crippen LogP contribution in [0.1, 0.15) is 0 Å². The number of carbonyl (C=O) groups is 1. The van der Waals surface area contributed by atoms with E-state index in [9.17, 15) is 13.4 Å². The maximum Gasteiger partial charge on any atom is 0.235 e. The molecule has 1 heterocycles. The molecule has 7 heteroatoms. The maximum absolute atomic E-state index is 13.6. The summed E-state index contributed by atoms with van der Waals surface area (Å²) >= 11 is 0. The summed E-state index contributed by atoms with van der Waals surface area (Å²) < 4.78 is 25.7. The van der Waals surface area contributed by atoms with Crippen molar-refractivity contribution in [1.29, 1.82) is 0 Å². The number of piperazine rings is 1. The van der Waals surface area contributed by atoms with Gasteiger partial charge in [-0.2, -0.15) is 0 Å². The number of rotatable bonds is 3. The highest BCUT2D eigenvalue weighted by Crippen LogP contribution is 2.16. The second-order valence-corrected chi connectivity index (χ2v) is 6.28. The van der Waals surface area contributed by atoms with Crippen molar-refractivity contribution >= 4 is 22.4 Å². The van der Waals surface area contributed by atoms with E-state index in [0.29, 0.717) is 13.1 Å². The highest BCUT2D eigenvalue weighted by Gasteiger charge is 2.22. The number of halogens is 1. The number of nitrogen functional groups attached to an aromatic ring is 1. The van der Waals surface area contributed by atoms with Crippen molar-refractivity contribution in [2.75, 3.05) is 44.7 Å². The van der Waals surface area contributed by atoms with E-state index in [4.69, 9.17) is 5.73 Å². The normalized spacial score (nSPS) is 18.0. The number of anilines is 1. The van der Waals surface area contributed by atoms with Crippen LogP contribution in [0.5, 0.6) is 0 Å². The Kier molecular flexibility index (Phi) is 4.72. The van der Waals surface area contributed by atoms with Crippen LogP contribution >= 0.6 is 0 Å². The van der Waals surface area contributed by atoms with Gasteiger partial charge in [-0.05, 0) is 25.2 Å². The smallest absolute Gasteiger partial charge is 0.235 e. The van der Waals surface area contributed by atoms with Gasteiger partial charge in [0.25, 0.3) is 0 Å². The van der Waals surface area contributed by atoms with Crippen molar-refractivity contribution in [3.63, 3.8) is 0 Å². The standard InChI is InChI=1S/C13H18FN3O2S/c1-16-4-6-17(7-5-16)13(18)9-20(19)12-3-2-10(15)8-11(12)14/h2-3,8H,4-7,9,15H2,1H3. The van der Waals surface area contributed by atoms with E-state index >= 15 is 0 Å². The number of hydrogen-bond donors (Lipinski definition) is 1. The fourth-order valence-corrected chi connectivity index (χ4v) is 3.10. The van der Waals surface area contributed by atoms with Crippen LogP contribution in [-0.2, 0) is 15.6 Å². The van der Waals surface area contributed by atoms with Gasteiger partial charge in [0, 0.05) is 31.9 Å². The van der Waals surface area contributed by atoms with E-state index in [0.717, 1.165) is 19.2 Å². The molecule has 0 saturated carbocycles. The highest BCUT2D eigenvalue weighted by atomic mass is 32.2. The minimum absolute atomic E-state index is 0.0293. The molecule has 0 radical (unpaired) electrons. The minimum Gasteiger partial charge on any atom is -0.399 e. The van der Waals surface area contributed by atoms with E-state index in [1.807, 2.05) is 7.05 Å². The molecule has 1 fully saturated rings. The molecular weight excluding hydrogens is 281 g/mol. The molecule has 0 aliphatic carbocycles. The zero-order chi connectivity index (χ0) is 14.7. The lowest BCUT2D eigenvalue weighted by atomic mass is 10.3. The van der Waals surface area contributed by atoms with Crippen LogP contribution in [0.4, 0.5) is 10.1 Å². The van der Waals surface area contributed by atoms with Gasteiger partial charge in [0.1, 0.15) is 11.6 Å². The zero-order valence-electron chi connectivity index (χ0n) is 11.3. The molecule has 20 heavy (non-hydrogen) atoms. The number of nitrogens with zero attached hydrogens (tertiary/aromatic N) is 2. The molecule has 1 saturated heterocycles. The Morgan fingerprint density at radius 2 is 2.00 bits per heavy atom. The second kappa shape index (κ2) is 6.32. The summed E-state index contributed by atoms with van der Waals surface area (Å²) in [6.45, 7) is 2.84. The number of benzene rings is 1. The molecule has 1 atom stereocenters. The number of likely N-dealkylation sites (N-methyl/N-ethyl adjacent to an activating group) is 1. The van der Waals surface area contributed by atoms with Crippen molar-refractivity contribution in [2.45, 2.75) is 4.90 Å². The zero-order valence-corrected chi connectivity index (χ0v) is 12.2. The molecule has 2 N–H and O–H groups in total. The predicted molar refractivity (Wildman–Crippen MR) is 76.2 cm³/mol. The van der Waals surface area contributed by atoms with Gasteiger partial charge in [-0.15, -0.1) is 0 Å². The molecule has 0 spiro atoms. The summed E-state index contributed by atoms with van der Waals surface area (Å²) in [7, 11) is 0.311. The Morgan fingerprint density at radius 1 is 1.35 bits per heavy atom. The number of amides is 1. The average molecular weight is 299 g/mol. The average Bonchev–Trinajstić information content (AvgIpc) is 2.39. The molecule has 1 unspecified atom stereocenters. The summed E-state index contributed by atoms with van der Waals surface area (Å²) in [4.78, 5) is 15.9. The summed E-state index contributed by atoms with van der Waals surface area (Å²) in [6.07, 6.45) is 0. The Labute approximate surface area is 120 Å². The maximum atomic E-state index is 13.6. The van der Waals surface area contributed by atoms with Crippen LogP contribution in [0.3, 0.4) is 0 Å². The van der Waals surface area contributed by atoms with Crippen molar-refractivity contribution < 1.29 is 13.4 Å². The van der Waals surface area contributed by atoms with Crippen LogP contribution in [0.15, 0.2) is 23.1 Å². The molecule has 5 nitrogen and oxygen atoms in total. The third kappa shape index (κ3) is 3.55. The number of carbonyl (C=O) groups excluding carboxylic acids is 1. The summed E-state index contributed by atoms with van der Waals surface area (Å²) in [5.74, 6) is -1.02. The van der Waals surface area contributed by atoms with Gasteiger partial charge < -0.3 is 15.5 Å². The van der Waals surface area contributed by atoms with Gasteiger partial charge in [-0.25, -0.2) is 4.39 Å². The van der Waals surface area contributed by atoms with Gasteiger partial charge in [-0.1, -0.05) is 0 Å². The molecule has 1 aliphatic rings. The number of hydrogen-bond acceptors (Lipinski definition) is 4. The van der Waals surface area contributed by atoms with E-state index in [1.54, 1.807) is 4.90 Å². The summed E-state index contributed by atoms with van der Waals surface area (Å²) in [5, 5.41) is 0. The summed E-state index contributed by atoms with van der Waals surface area (Å²) in [5.41, 5.74) is 5.71. The molecule has 110 valence electrons. The molecule has 1 aliphatic heterocycles. The molecule has 1 amide bonds. The second-order valence-electron chi connectivity index (χ2n) is 4.86. The lowest BCUT2D eigenvalue weighted by molar-refractivity contribution is -0.129. The molecule has 0 bridgehead atoms. The van der Waals surface area contributed by atoms with E-state index in [1.165, 1.54) is 12.1 Å². The third-order valence-electron chi connectivity index (χ3n) is 3.31. The van der Waals surface area contributed by atoms with Crippen LogP contribution < -0.4 is 5.73 Å². The first kappa shape index (κ1) is 14.9. The lowest BCUT2D eigenvalue weighted by Crippen LogP contribution is -2.48. The van der Waals surface area contributed by atoms with Crippen LogP contribution in [0.2, 0.25) is 0 Å². The summed E-state index contributed by atoms with van der Waals surface area (Å²) in [6, 6.07) is 3.97. The Hall–Kier alpha value is -1.47. The molecule has 0 aromatic heterocycles. The molecular formula is C13H18FN3O2S. The monoisotopic (exact) mass is 299 g/mol. The lowest BCUT2D eigenvalue weighted by Gasteiger charge is -2.32. The van der Waals surface area contributed by atoms with Gasteiger partial charge in [0.15, 0.2) is 0 Å². The quantitative estimate of drug-likeness (QED) is 0.815. The Morgan fingerprint density at radius 3 is 2.60 bits per heavy atom. The van der Waals surface area contributed by atoms with Crippen LogP contribution in [-0.4, -0.2) is 58.9 Å². The Bertz CT molecular complexity index is 530. The molecule has 1 aromatic rings. The topological polar surface area (TPSA) is 66.6 Å². The molecule has 2 rings (SSSR count). The SMILES string of the molecule is CN1CCN(C(=O)CS(=O)c2ccc(N)cc2F)CC1. The van der Waals surface area contributed by atoms with Gasteiger partial charge in [0.2, 0.25) is 5.91 Å². The van der Waals surface area contributed by atoms with Crippen LogP contribution in [0.25, 0.3) is 0 Å². The first-order chi connectivity index (χ1) is 9.47. The van der Waals surface area contributed by atoms with Gasteiger partial charge in [-0.3, -0.25) is 9.00 Å². The van der Waals surface area contributed by atoms with E-state index < -0.39 is 16.6 Å². The molecule has 1 aromatic carbocycles. The van der Waals surface area contributed by atoms with Crippen molar-refractivity contribution in [3.05, 3.63) is 24.0 Å². The van der Waals surface area contributed by atoms with E-state index in [-0.39, 0.29) is 22.2 Å². The fourth-order valence-electron chi connectivity index (χ4n) is 2.04. The van der Waals surface area contributed by atoms with Crippen LogP contribution in [0, 0.1) is 5.82 Å². The van der Waals surface area contributed by atoms with Crippen molar-refractivity contribution in [3.8, 4) is 0 Å². The minimum atomic E-state index is -1.68. The predicted octanol–water partition coefficient (Wildman–Crippen LogP) is 0.289. The first-order valence-corrected chi connectivity index (χ1v) is 7.69. The number of nitrogens with two attached hydrogens (primary N) is 1. The largest absolute Gasteiger partial charge is 0.399 e. The van der Waals surface area contributed by atoms with Crippen molar-refractivity contribution in [2.24, 2.45) is 0 Å². The van der Waals surface area contributed by atoms with Crippen molar-refractivity contribution in [1.82, 2.24) is 9.80 Å². The third-order valence-corrected chi connectivity index (χ3v) is 4.64. The van der Waals surface area contributed by atoms with Gasteiger partial charge >= 0.3 is 0 Å². The highest BCUT2D eigenvalue weighted by molar-refractivity contribution is 7.85. The fraction of sp³-hybridized carbons (Fsp3) is 0.462. The van der Waals surface area contributed by atoms with E-state index in [2.05, 4.69) is 4.90 Å². The Balaban J connectivity index is 1.99.